The fourth-order valence-electron chi connectivity index (χ4n) is 5.57. The van der Waals surface area contributed by atoms with Gasteiger partial charge in [0.15, 0.2) is 5.58 Å². The highest BCUT2D eigenvalue weighted by Gasteiger charge is 2.46. The number of Topliss-reactive ketones (excluding diaryl/α,β-unsaturated/α-hetero) is 1. The van der Waals surface area contributed by atoms with E-state index in [1.807, 2.05) is 37.3 Å². The van der Waals surface area contributed by atoms with Gasteiger partial charge in [0.25, 0.3) is 5.89 Å². The maximum atomic E-state index is 13.8. The second-order valence-corrected chi connectivity index (χ2v) is 11.0. The molecular formula is C31H37N3O5. The zero-order valence-electron chi connectivity index (χ0n) is 22.6. The van der Waals surface area contributed by atoms with E-state index in [2.05, 4.69) is 22.4 Å². The molecule has 0 radical (unpaired) electrons. The number of ketones is 1. The van der Waals surface area contributed by atoms with E-state index in [0.29, 0.717) is 56.7 Å². The van der Waals surface area contributed by atoms with Crippen molar-refractivity contribution in [3.63, 3.8) is 0 Å². The quantitative estimate of drug-likeness (QED) is 0.344. The van der Waals surface area contributed by atoms with Gasteiger partial charge in [0.2, 0.25) is 17.6 Å². The average Bonchev–Trinajstić information content (AvgIpc) is 3.57. The molecule has 0 unspecified atom stereocenters. The molecule has 1 N–H and O–H groups in total. The van der Waals surface area contributed by atoms with Crippen LogP contribution in [0, 0.1) is 11.3 Å². The number of oxazole rings is 1. The van der Waals surface area contributed by atoms with Crippen molar-refractivity contribution >= 4 is 28.7 Å². The van der Waals surface area contributed by atoms with Crippen LogP contribution in [-0.4, -0.2) is 59.8 Å². The van der Waals surface area contributed by atoms with Crippen LogP contribution in [0.15, 0.2) is 59.0 Å². The van der Waals surface area contributed by atoms with E-state index in [-0.39, 0.29) is 35.3 Å². The van der Waals surface area contributed by atoms with Gasteiger partial charge in [0, 0.05) is 25.4 Å². The summed E-state index contributed by atoms with van der Waals surface area (Å²) in [4.78, 5) is 46.6. The Bertz CT molecular complexity index is 1260. The van der Waals surface area contributed by atoms with Crippen molar-refractivity contribution in [2.75, 3.05) is 26.3 Å². The minimum atomic E-state index is -0.763. The normalized spacial score (nSPS) is 17.9. The number of hydrogen-bond donors (Lipinski definition) is 1. The molecule has 2 fully saturated rings. The molecule has 8 nitrogen and oxygen atoms in total. The molecule has 2 heterocycles. The third kappa shape index (κ3) is 6.74. The summed E-state index contributed by atoms with van der Waals surface area (Å²) in [5, 5.41) is 3.00. The van der Waals surface area contributed by atoms with Gasteiger partial charge in [-0.1, -0.05) is 55.8 Å². The average molecular weight is 532 g/mol. The summed E-state index contributed by atoms with van der Waals surface area (Å²) in [5.74, 6) is -1.16. The number of amides is 2. The summed E-state index contributed by atoms with van der Waals surface area (Å²) in [6, 6.07) is 16.8. The number of fused-ring (bicyclic) bond motifs is 1. The maximum Gasteiger partial charge on any atom is 0.266 e. The summed E-state index contributed by atoms with van der Waals surface area (Å²) in [7, 11) is 0. The minimum Gasteiger partial charge on any atom is -0.434 e. The lowest BCUT2D eigenvalue weighted by molar-refractivity contribution is -0.140. The van der Waals surface area contributed by atoms with Crippen molar-refractivity contribution in [3.05, 3.63) is 66.1 Å². The number of hydrogen-bond acceptors (Lipinski definition) is 6. The lowest BCUT2D eigenvalue weighted by Crippen LogP contribution is -2.46. The van der Waals surface area contributed by atoms with Crippen LogP contribution in [0.3, 0.4) is 0 Å². The highest BCUT2D eigenvalue weighted by atomic mass is 16.5. The van der Waals surface area contributed by atoms with Crippen molar-refractivity contribution in [1.82, 2.24) is 15.2 Å². The first-order chi connectivity index (χ1) is 19.0. The van der Waals surface area contributed by atoms with Gasteiger partial charge in [-0.15, -0.1) is 0 Å². The summed E-state index contributed by atoms with van der Waals surface area (Å²) in [6.07, 6.45) is 4.83. The predicted octanol–water partition coefficient (Wildman–Crippen LogP) is 4.57. The number of aromatic nitrogens is 1. The predicted molar refractivity (Wildman–Crippen MR) is 147 cm³/mol. The third-order valence-electron chi connectivity index (χ3n) is 7.93. The summed E-state index contributed by atoms with van der Waals surface area (Å²) in [5.41, 5.74) is 2.38. The number of morpholine rings is 1. The number of nitrogens with one attached hydrogen (secondary N) is 1. The Hall–Kier alpha value is -3.52. The van der Waals surface area contributed by atoms with Crippen molar-refractivity contribution in [3.8, 4) is 0 Å². The van der Waals surface area contributed by atoms with Gasteiger partial charge in [-0.05, 0) is 55.2 Å². The first kappa shape index (κ1) is 27.1. The topological polar surface area (TPSA) is 102 Å². The van der Waals surface area contributed by atoms with E-state index < -0.39 is 12.0 Å². The minimum absolute atomic E-state index is 0.000791. The zero-order valence-corrected chi connectivity index (χ0v) is 22.6. The molecular weight excluding hydrogens is 494 g/mol. The first-order valence-electron chi connectivity index (χ1n) is 14.1. The lowest BCUT2D eigenvalue weighted by atomic mass is 9.84. The number of nitrogens with zero attached hydrogens (tertiary/aromatic N) is 2. The van der Waals surface area contributed by atoms with Crippen molar-refractivity contribution in [1.29, 1.82) is 0 Å². The smallest absolute Gasteiger partial charge is 0.266 e. The van der Waals surface area contributed by atoms with Crippen LogP contribution in [0.2, 0.25) is 0 Å². The molecule has 39 heavy (non-hydrogen) atoms. The molecule has 8 heteroatoms. The Morgan fingerprint density at radius 3 is 2.44 bits per heavy atom. The van der Waals surface area contributed by atoms with Gasteiger partial charge in [0.05, 0.1) is 19.3 Å². The number of para-hydroxylation sites is 2. The standard InChI is InChI=1S/C31H37N3O5/c1-2-8-25(28(36)30-33-24-11-6-7-12-26(24)39-30)32-29(37)23(19-27(35)34-15-17-38-18-16-34)21-31(13-14-31)20-22-9-4-3-5-10-22/h3-7,9-12,23,25H,2,8,13-21H2,1H3,(H,32,37)/t23-,25-/m1/s1. The van der Waals surface area contributed by atoms with Crippen LogP contribution < -0.4 is 5.32 Å². The largest absolute Gasteiger partial charge is 0.434 e. The van der Waals surface area contributed by atoms with Crippen LogP contribution >= 0.6 is 0 Å². The van der Waals surface area contributed by atoms with Crippen molar-refractivity contribution < 1.29 is 23.5 Å². The fourth-order valence-corrected chi connectivity index (χ4v) is 5.57. The maximum absolute atomic E-state index is 13.8. The van der Waals surface area contributed by atoms with Crippen LogP contribution in [0.1, 0.15) is 61.7 Å². The molecule has 1 aromatic heterocycles. The molecule has 1 saturated carbocycles. The molecule has 0 spiro atoms. The number of rotatable bonds is 12. The van der Waals surface area contributed by atoms with E-state index >= 15 is 0 Å². The van der Waals surface area contributed by atoms with Gasteiger partial charge in [-0.2, -0.15) is 0 Å². The summed E-state index contributed by atoms with van der Waals surface area (Å²) >= 11 is 0. The second-order valence-electron chi connectivity index (χ2n) is 11.0. The molecule has 5 rings (SSSR count). The Balaban J connectivity index is 1.33. The molecule has 1 aliphatic heterocycles. The molecule has 1 aliphatic carbocycles. The first-order valence-corrected chi connectivity index (χ1v) is 14.1. The van der Waals surface area contributed by atoms with Crippen LogP contribution in [0.5, 0.6) is 0 Å². The molecule has 2 amide bonds. The second kappa shape index (κ2) is 12.1. The molecule has 1 saturated heterocycles. The Labute approximate surface area is 229 Å². The van der Waals surface area contributed by atoms with Gasteiger partial charge in [-0.25, -0.2) is 4.98 Å². The molecule has 2 atom stereocenters. The number of carbonyl (C=O) groups is 3. The highest BCUT2D eigenvalue weighted by molar-refractivity contribution is 6.00. The summed E-state index contributed by atoms with van der Waals surface area (Å²) < 4.78 is 11.1. The number of ether oxygens (including phenoxy) is 1. The summed E-state index contributed by atoms with van der Waals surface area (Å²) in [6.45, 7) is 4.07. The number of benzene rings is 2. The molecule has 3 aromatic rings. The van der Waals surface area contributed by atoms with E-state index in [1.54, 1.807) is 17.0 Å². The van der Waals surface area contributed by atoms with E-state index in [1.165, 1.54) is 5.56 Å². The zero-order chi connectivity index (χ0) is 27.2. The third-order valence-corrected chi connectivity index (χ3v) is 7.93. The van der Waals surface area contributed by atoms with Gasteiger partial charge in [0.1, 0.15) is 5.52 Å². The highest BCUT2D eigenvalue weighted by Crippen LogP contribution is 2.53. The fraction of sp³-hybridized carbons (Fsp3) is 0.484. The van der Waals surface area contributed by atoms with E-state index in [4.69, 9.17) is 9.15 Å². The molecule has 2 aromatic carbocycles. The van der Waals surface area contributed by atoms with Crippen LogP contribution in [-0.2, 0) is 20.7 Å². The van der Waals surface area contributed by atoms with Gasteiger partial charge in [-0.3, -0.25) is 14.4 Å². The molecule has 2 aliphatic rings. The Morgan fingerprint density at radius 2 is 1.74 bits per heavy atom. The lowest BCUT2D eigenvalue weighted by Gasteiger charge is -2.30. The monoisotopic (exact) mass is 531 g/mol. The SMILES string of the molecule is CCC[C@@H](NC(=O)[C@H](CC(=O)N1CCOCC1)CC1(Cc2ccccc2)CC1)C(=O)c1nc2ccccc2o1. The van der Waals surface area contributed by atoms with E-state index in [9.17, 15) is 14.4 Å². The van der Waals surface area contributed by atoms with E-state index in [0.717, 1.165) is 19.3 Å². The van der Waals surface area contributed by atoms with Crippen molar-refractivity contribution in [2.24, 2.45) is 11.3 Å². The van der Waals surface area contributed by atoms with Gasteiger partial charge >= 0.3 is 0 Å². The van der Waals surface area contributed by atoms with Gasteiger partial charge < -0.3 is 19.4 Å². The number of carbonyl (C=O) groups excluding carboxylic acids is 3. The molecule has 0 bridgehead atoms. The Morgan fingerprint density at radius 1 is 1.03 bits per heavy atom. The molecule has 206 valence electrons. The van der Waals surface area contributed by atoms with Crippen LogP contribution in [0.4, 0.5) is 0 Å². The Kier molecular flexibility index (Phi) is 8.41. The van der Waals surface area contributed by atoms with Crippen molar-refractivity contribution in [2.45, 2.75) is 57.9 Å². The van der Waals surface area contributed by atoms with Crippen LogP contribution in [0.25, 0.3) is 11.1 Å².